The molecule has 1 N–H and O–H groups in total. The summed E-state index contributed by atoms with van der Waals surface area (Å²) in [5, 5.41) is 3.28. The van der Waals surface area contributed by atoms with Crippen LogP contribution in [0.15, 0.2) is 36.4 Å². The highest BCUT2D eigenvalue weighted by Gasteiger charge is 2.45. The summed E-state index contributed by atoms with van der Waals surface area (Å²) < 4.78 is 11.3. The molecule has 0 aliphatic carbocycles. The molecule has 38 heavy (non-hydrogen) atoms. The van der Waals surface area contributed by atoms with Crippen LogP contribution in [0.5, 0.6) is 5.75 Å². The minimum atomic E-state index is -0.548. The number of anilines is 1. The molecule has 206 valence electrons. The first kappa shape index (κ1) is 28.0. The van der Waals surface area contributed by atoms with Crippen LogP contribution in [0.3, 0.4) is 0 Å². The number of carbonyl (C=O) groups excluding carboxylic acids is 2. The second-order valence-electron chi connectivity index (χ2n) is 12.0. The van der Waals surface area contributed by atoms with E-state index in [0.717, 1.165) is 43.9 Å². The second kappa shape index (κ2) is 11.0. The van der Waals surface area contributed by atoms with Gasteiger partial charge >= 0.3 is 12.0 Å². The summed E-state index contributed by atoms with van der Waals surface area (Å²) in [5.41, 5.74) is 4.38. The molecule has 2 heterocycles. The first-order valence-corrected chi connectivity index (χ1v) is 13.8. The van der Waals surface area contributed by atoms with Crippen molar-refractivity contribution in [1.29, 1.82) is 0 Å². The van der Waals surface area contributed by atoms with Crippen molar-refractivity contribution < 1.29 is 19.1 Å². The molecule has 0 unspecified atom stereocenters. The molecule has 0 radical (unpaired) electrons. The number of esters is 1. The lowest BCUT2D eigenvalue weighted by Gasteiger charge is -2.39. The van der Waals surface area contributed by atoms with E-state index in [0.29, 0.717) is 24.6 Å². The van der Waals surface area contributed by atoms with Crippen LogP contribution >= 0.6 is 0 Å². The van der Waals surface area contributed by atoms with Gasteiger partial charge in [-0.1, -0.05) is 19.9 Å². The van der Waals surface area contributed by atoms with Gasteiger partial charge in [0.05, 0.1) is 24.3 Å². The average molecular weight is 522 g/mol. The number of amides is 2. The monoisotopic (exact) mass is 521 g/mol. The molecule has 7 heteroatoms. The minimum Gasteiger partial charge on any atom is -0.494 e. The summed E-state index contributed by atoms with van der Waals surface area (Å²) in [7, 11) is 0. The first-order valence-electron chi connectivity index (χ1n) is 13.8. The van der Waals surface area contributed by atoms with Crippen LogP contribution in [0, 0.1) is 6.92 Å². The Hall–Kier alpha value is -3.06. The summed E-state index contributed by atoms with van der Waals surface area (Å²) in [4.78, 5) is 29.6. The zero-order valence-corrected chi connectivity index (χ0v) is 24.0. The lowest BCUT2D eigenvalue weighted by atomic mass is 9.87. The summed E-state index contributed by atoms with van der Waals surface area (Å²) in [6.07, 6.45) is 1.79. The van der Waals surface area contributed by atoms with Gasteiger partial charge in [0.25, 0.3) is 0 Å². The molecular formula is C31H43N3O4. The van der Waals surface area contributed by atoms with Crippen molar-refractivity contribution in [2.45, 2.75) is 84.9 Å². The van der Waals surface area contributed by atoms with Gasteiger partial charge in [-0.05, 0) is 100 Å². The second-order valence-corrected chi connectivity index (χ2v) is 12.0. The number of ether oxygens (including phenoxy) is 2. The molecule has 0 bridgehead atoms. The van der Waals surface area contributed by atoms with Crippen LogP contribution in [0.1, 0.15) is 87.4 Å². The van der Waals surface area contributed by atoms with Gasteiger partial charge in [-0.15, -0.1) is 0 Å². The van der Waals surface area contributed by atoms with E-state index < -0.39 is 5.60 Å². The highest BCUT2D eigenvalue weighted by Crippen LogP contribution is 2.34. The Kier molecular flexibility index (Phi) is 8.07. The van der Waals surface area contributed by atoms with Crippen molar-refractivity contribution in [1.82, 2.24) is 10.2 Å². The van der Waals surface area contributed by atoms with Gasteiger partial charge in [0.1, 0.15) is 11.4 Å². The number of benzene rings is 2. The molecule has 0 atom stereocenters. The van der Waals surface area contributed by atoms with Crippen molar-refractivity contribution in [2.24, 2.45) is 0 Å². The maximum atomic E-state index is 13.0. The number of rotatable bonds is 7. The Balaban J connectivity index is 1.40. The lowest BCUT2D eigenvalue weighted by Crippen LogP contribution is -2.52. The van der Waals surface area contributed by atoms with Crippen LogP contribution in [0.25, 0.3) is 0 Å². The standard InChI is InChI=1S/C31H43N3O4/c1-8-37-27-18-24(26(21(2)3)17-22(27)4)19-33-15-13-31(14-16-33)20-34(29(36)32-31)25-11-9-23(10-12-25)28(35)38-30(5,6)7/h9-12,17-18,21H,8,13-16,19-20H2,1-7H3,(H,32,36). The fourth-order valence-electron chi connectivity index (χ4n) is 5.43. The smallest absolute Gasteiger partial charge is 0.338 e. The average Bonchev–Trinajstić information content (AvgIpc) is 3.17. The van der Waals surface area contributed by atoms with Crippen LogP contribution in [0.2, 0.25) is 0 Å². The number of carbonyl (C=O) groups is 2. The van der Waals surface area contributed by atoms with Gasteiger partial charge in [-0.3, -0.25) is 9.80 Å². The number of nitrogens with zero attached hydrogens (tertiary/aromatic N) is 2. The SMILES string of the molecule is CCOc1cc(CN2CCC3(CC2)CN(c2ccc(C(=O)OC(C)(C)C)cc2)C(=O)N3)c(C(C)C)cc1C. The van der Waals surface area contributed by atoms with Gasteiger partial charge < -0.3 is 14.8 Å². The number of aryl methyl sites for hydroxylation is 1. The van der Waals surface area contributed by atoms with Gasteiger partial charge in [0.15, 0.2) is 0 Å². The van der Waals surface area contributed by atoms with Crippen LogP contribution < -0.4 is 15.0 Å². The van der Waals surface area contributed by atoms with Crippen molar-refractivity contribution in [3.8, 4) is 5.75 Å². The van der Waals surface area contributed by atoms with Crippen LogP contribution in [-0.4, -0.2) is 54.3 Å². The molecule has 2 aliphatic rings. The number of hydrogen-bond donors (Lipinski definition) is 1. The van der Waals surface area contributed by atoms with Gasteiger partial charge in [-0.25, -0.2) is 9.59 Å². The fraction of sp³-hybridized carbons (Fsp3) is 0.548. The molecule has 0 aromatic heterocycles. The Bertz CT molecular complexity index is 1160. The maximum Gasteiger partial charge on any atom is 0.338 e. The van der Waals surface area contributed by atoms with E-state index in [1.165, 1.54) is 16.7 Å². The Morgan fingerprint density at radius 1 is 1.11 bits per heavy atom. The van der Waals surface area contributed by atoms with Gasteiger partial charge in [0, 0.05) is 25.3 Å². The van der Waals surface area contributed by atoms with E-state index in [-0.39, 0.29) is 17.5 Å². The quantitative estimate of drug-likeness (QED) is 0.450. The van der Waals surface area contributed by atoms with Crippen molar-refractivity contribution in [3.05, 3.63) is 58.7 Å². The van der Waals surface area contributed by atoms with E-state index in [9.17, 15) is 9.59 Å². The predicted octanol–water partition coefficient (Wildman–Crippen LogP) is 6.04. The highest BCUT2D eigenvalue weighted by molar-refractivity contribution is 5.96. The lowest BCUT2D eigenvalue weighted by molar-refractivity contribution is 0.00695. The summed E-state index contributed by atoms with van der Waals surface area (Å²) >= 11 is 0. The number of urea groups is 1. The molecule has 2 amide bonds. The molecule has 2 saturated heterocycles. The topological polar surface area (TPSA) is 71.1 Å². The largest absolute Gasteiger partial charge is 0.494 e. The van der Waals surface area contributed by atoms with E-state index in [1.54, 1.807) is 17.0 Å². The Labute approximate surface area is 227 Å². The van der Waals surface area contributed by atoms with E-state index in [2.05, 4.69) is 43.1 Å². The predicted molar refractivity (Wildman–Crippen MR) is 151 cm³/mol. The molecule has 7 nitrogen and oxygen atoms in total. The number of likely N-dealkylation sites (tertiary alicyclic amines) is 1. The molecule has 2 aliphatic heterocycles. The third kappa shape index (κ3) is 6.32. The third-order valence-corrected chi connectivity index (χ3v) is 7.46. The van der Waals surface area contributed by atoms with E-state index in [4.69, 9.17) is 9.47 Å². The first-order chi connectivity index (χ1) is 17.9. The van der Waals surface area contributed by atoms with Gasteiger partial charge in [0.2, 0.25) is 0 Å². The van der Waals surface area contributed by atoms with Gasteiger partial charge in [-0.2, -0.15) is 0 Å². The molecule has 2 aromatic rings. The Morgan fingerprint density at radius 3 is 2.34 bits per heavy atom. The van der Waals surface area contributed by atoms with Crippen LogP contribution in [-0.2, 0) is 11.3 Å². The number of piperidine rings is 1. The van der Waals surface area contributed by atoms with E-state index >= 15 is 0 Å². The van der Waals surface area contributed by atoms with Crippen molar-refractivity contribution >= 4 is 17.7 Å². The molecule has 4 rings (SSSR count). The zero-order valence-electron chi connectivity index (χ0n) is 24.0. The molecule has 2 fully saturated rings. The van der Waals surface area contributed by atoms with E-state index in [1.807, 2.05) is 39.8 Å². The van der Waals surface area contributed by atoms with Crippen LogP contribution in [0.4, 0.5) is 10.5 Å². The fourth-order valence-corrected chi connectivity index (χ4v) is 5.43. The van der Waals surface area contributed by atoms with Crippen molar-refractivity contribution in [3.63, 3.8) is 0 Å². The zero-order chi connectivity index (χ0) is 27.7. The Morgan fingerprint density at radius 2 is 1.76 bits per heavy atom. The summed E-state index contributed by atoms with van der Waals surface area (Å²) in [5.74, 6) is 1.05. The maximum absolute atomic E-state index is 13.0. The summed E-state index contributed by atoms with van der Waals surface area (Å²) in [6.45, 7) is 18.2. The number of hydrogen-bond acceptors (Lipinski definition) is 5. The summed E-state index contributed by atoms with van der Waals surface area (Å²) in [6, 6.07) is 11.5. The third-order valence-electron chi connectivity index (χ3n) is 7.46. The molecule has 1 spiro atoms. The van der Waals surface area contributed by atoms with Crippen molar-refractivity contribution in [2.75, 3.05) is 31.1 Å². The minimum absolute atomic E-state index is 0.0783. The molecule has 2 aromatic carbocycles. The normalized spacial score (nSPS) is 17.7. The molecule has 0 saturated carbocycles. The highest BCUT2D eigenvalue weighted by atomic mass is 16.6. The number of nitrogens with one attached hydrogen (secondary N) is 1. The molecular weight excluding hydrogens is 478 g/mol.